The molecule has 4 rings (SSSR count). The van der Waals surface area contributed by atoms with E-state index in [4.69, 9.17) is 9.47 Å². The molecule has 0 fully saturated rings. The Labute approximate surface area is 252 Å². The number of aromatic nitrogens is 2. The molecule has 12 heteroatoms. The molecule has 0 spiro atoms. The number of hydrogen-bond acceptors (Lipinski definition) is 9. The number of carbonyl (C=O) groups is 4. The number of ether oxygens (including phenoxy) is 2. The second kappa shape index (κ2) is 15.0. The normalized spacial score (nSPS) is 12.1. The Morgan fingerprint density at radius 2 is 1.41 bits per heavy atom. The first-order valence-corrected chi connectivity index (χ1v) is 13.6. The molecule has 2 unspecified atom stereocenters. The van der Waals surface area contributed by atoms with Crippen molar-refractivity contribution in [3.05, 3.63) is 136 Å². The van der Waals surface area contributed by atoms with Gasteiger partial charge in [-0.25, -0.2) is 14.6 Å². The summed E-state index contributed by atoms with van der Waals surface area (Å²) in [6.07, 6.45) is -2.17. The Morgan fingerprint density at radius 1 is 0.841 bits per heavy atom. The summed E-state index contributed by atoms with van der Waals surface area (Å²) in [5, 5.41) is 15.2. The van der Waals surface area contributed by atoms with Crippen molar-refractivity contribution in [1.29, 1.82) is 0 Å². The number of carbonyl (C=O) groups excluding carboxylic acids is 4. The smallest absolute Gasteiger partial charge is 0.347 e. The second-order valence-corrected chi connectivity index (χ2v) is 9.60. The highest BCUT2D eigenvalue weighted by Crippen LogP contribution is 2.22. The largest absolute Gasteiger partial charge is 0.458 e. The molecule has 4 aromatic rings. The van der Waals surface area contributed by atoms with Crippen molar-refractivity contribution in [2.24, 2.45) is 0 Å². The van der Waals surface area contributed by atoms with E-state index in [1.54, 1.807) is 24.3 Å². The van der Waals surface area contributed by atoms with Crippen molar-refractivity contribution in [2.45, 2.75) is 31.8 Å². The highest BCUT2D eigenvalue weighted by atomic mass is 16.6. The number of H-pyrrole nitrogens is 1. The molecule has 0 saturated carbocycles. The van der Waals surface area contributed by atoms with E-state index in [9.17, 15) is 29.1 Å². The Bertz CT molecular complexity index is 1610. The zero-order valence-corrected chi connectivity index (χ0v) is 23.6. The van der Waals surface area contributed by atoms with Gasteiger partial charge in [0.1, 0.15) is 12.2 Å². The summed E-state index contributed by atoms with van der Waals surface area (Å²) in [7, 11) is 0. The Hall–Kier alpha value is -5.62. The Balaban J connectivity index is 1.31. The van der Waals surface area contributed by atoms with Crippen LogP contribution in [0.1, 0.15) is 50.6 Å². The van der Waals surface area contributed by atoms with Crippen molar-refractivity contribution in [1.82, 2.24) is 20.6 Å². The lowest BCUT2D eigenvalue weighted by Crippen LogP contribution is -2.41. The number of benzene rings is 3. The molecule has 4 N–H and O–H groups in total. The minimum Gasteiger partial charge on any atom is -0.458 e. The fraction of sp³-hybridized carbons (Fsp3) is 0.188. The number of esters is 2. The van der Waals surface area contributed by atoms with E-state index >= 15 is 0 Å². The molecule has 1 aromatic heterocycles. The number of nitrogens with zero attached hydrogens (tertiary/aromatic N) is 1. The highest BCUT2D eigenvalue weighted by molar-refractivity contribution is 5.95. The molecule has 0 aliphatic rings. The number of nitrogens with one attached hydrogen (secondary N) is 3. The third-order valence-electron chi connectivity index (χ3n) is 6.38. The van der Waals surface area contributed by atoms with Crippen LogP contribution in [-0.4, -0.2) is 57.6 Å². The fourth-order valence-corrected chi connectivity index (χ4v) is 4.03. The first kappa shape index (κ1) is 31.3. The molecule has 0 bridgehead atoms. The topological polar surface area (TPSA) is 177 Å². The molecule has 0 aliphatic heterocycles. The maximum absolute atomic E-state index is 13.1. The maximum Gasteiger partial charge on any atom is 0.347 e. The summed E-state index contributed by atoms with van der Waals surface area (Å²) in [5.74, 6) is -4.08. The number of hydrogen-bond donors (Lipinski definition) is 4. The molecule has 12 nitrogen and oxygen atoms in total. The number of amides is 2. The molecule has 1 heterocycles. The van der Waals surface area contributed by atoms with Crippen LogP contribution in [0.4, 0.5) is 0 Å². The number of aliphatic hydroxyl groups excluding tert-OH is 1. The van der Waals surface area contributed by atoms with Crippen molar-refractivity contribution in [2.75, 3.05) is 6.54 Å². The van der Waals surface area contributed by atoms with Gasteiger partial charge in [0.25, 0.3) is 17.4 Å². The molecule has 0 aliphatic carbocycles. The predicted molar refractivity (Wildman–Crippen MR) is 157 cm³/mol. The molecule has 2 amide bonds. The fourth-order valence-electron chi connectivity index (χ4n) is 4.03. The van der Waals surface area contributed by atoms with Gasteiger partial charge in [0.15, 0.2) is 18.0 Å². The predicted octanol–water partition coefficient (Wildman–Crippen LogP) is 2.06. The lowest BCUT2D eigenvalue weighted by molar-refractivity contribution is -0.172. The zero-order chi connectivity index (χ0) is 31.5. The summed E-state index contributed by atoms with van der Waals surface area (Å²) in [5.41, 5.74) is 1.14. The van der Waals surface area contributed by atoms with E-state index in [1.807, 2.05) is 66.7 Å². The van der Waals surface area contributed by atoms with E-state index < -0.39 is 59.9 Å². The average Bonchev–Trinajstić information content (AvgIpc) is 3.05. The van der Waals surface area contributed by atoms with Crippen molar-refractivity contribution in [3.8, 4) is 0 Å². The molecular weight excluding hydrogens is 568 g/mol. The summed E-state index contributed by atoms with van der Waals surface area (Å²) < 4.78 is 10.0. The zero-order valence-electron chi connectivity index (χ0n) is 23.6. The minimum absolute atomic E-state index is 0.0214. The van der Waals surface area contributed by atoms with Crippen LogP contribution in [0.15, 0.2) is 102 Å². The van der Waals surface area contributed by atoms with Crippen LogP contribution < -0.4 is 16.2 Å². The van der Waals surface area contributed by atoms with Crippen molar-refractivity contribution >= 4 is 23.8 Å². The second-order valence-electron chi connectivity index (χ2n) is 9.60. The van der Waals surface area contributed by atoms with E-state index in [-0.39, 0.29) is 12.2 Å². The molecule has 44 heavy (non-hydrogen) atoms. The van der Waals surface area contributed by atoms with Gasteiger partial charge in [0.05, 0.1) is 12.6 Å². The molecule has 2 atom stereocenters. The third-order valence-corrected chi connectivity index (χ3v) is 6.38. The number of aromatic amines is 1. The molecule has 3 aromatic carbocycles. The quantitative estimate of drug-likeness (QED) is 0.178. The van der Waals surface area contributed by atoms with Crippen molar-refractivity contribution in [3.63, 3.8) is 0 Å². The lowest BCUT2D eigenvalue weighted by atomic mass is 9.98. The average molecular weight is 599 g/mol. The van der Waals surface area contributed by atoms with Gasteiger partial charge in [-0.05, 0) is 23.6 Å². The van der Waals surface area contributed by atoms with Crippen LogP contribution in [0.3, 0.4) is 0 Å². The van der Waals surface area contributed by atoms with Gasteiger partial charge in [0.2, 0.25) is 0 Å². The molecule has 0 saturated heterocycles. The van der Waals surface area contributed by atoms with E-state index in [2.05, 4.69) is 20.6 Å². The monoisotopic (exact) mass is 598 g/mol. The van der Waals surface area contributed by atoms with Gasteiger partial charge in [-0.15, -0.1) is 0 Å². The van der Waals surface area contributed by atoms with E-state index in [0.29, 0.717) is 0 Å². The van der Waals surface area contributed by atoms with Crippen LogP contribution >= 0.6 is 0 Å². The number of rotatable bonds is 12. The minimum atomic E-state index is -1.83. The van der Waals surface area contributed by atoms with Gasteiger partial charge < -0.3 is 30.2 Å². The summed E-state index contributed by atoms with van der Waals surface area (Å²) in [6, 6.07) is 26.7. The lowest BCUT2D eigenvalue weighted by Gasteiger charge is -2.19. The van der Waals surface area contributed by atoms with Gasteiger partial charge in [-0.1, -0.05) is 91.0 Å². The summed E-state index contributed by atoms with van der Waals surface area (Å²) >= 11 is 0. The standard InChI is InChI=1S/C32H30N4O8/c1-20(31(41)43-19-21-11-5-2-6-12-21)44-32(42)25(37)18-34-30(40)27-33-17-24(29(39)36-27)28(38)35-26(22-13-7-3-8-14-22)23-15-9-4-10-16-23/h2-17,20,25-26,37H,18-19H2,1H3,(H,34,40)(H,35,38)(H,33,36,39). The first-order chi connectivity index (χ1) is 21.2. The Morgan fingerprint density at radius 3 is 1.98 bits per heavy atom. The summed E-state index contributed by atoms with van der Waals surface area (Å²) in [6.45, 7) is 0.655. The third kappa shape index (κ3) is 8.46. The van der Waals surface area contributed by atoms with Gasteiger partial charge in [-0.3, -0.25) is 14.4 Å². The van der Waals surface area contributed by atoms with E-state index in [0.717, 1.165) is 22.9 Å². The molecule has 0 radical (unpaired) electrons. The number of aliphatic hydroxyl groups is 1. The molecule has 226 valence electrons. The van der Waals surface area contributed by atoms with Gasteiger partial charge in [0, 0.05) is 6.20 Å². The highest BCUT2D eigenvalue weighted by Gasteiger charge is 2.26. The van der Waals surface area contributed by atoms with Crippen LogP contribution in [0.5, 0.6) is 0 Å². The SMILES string of the molecule is CC(OC(=O)C(O)CNC(=O)c1ncc(C(=O)NC(c2ccccc2)c2ccccc2)c(=O)[nH]1)C(=O)OCc1ccccc1. The first-order valence-electron chi connectivity index (χ1n) is 13.6. The van der Waals surface area contributed by atoms with E-state index in [1.165, 1.54) is 6.92 Å². The maximum atomic E-state index is 13.1. The molecular formula is C32H30N4O8. The van der Waals surface area contributed by atoms with Gasteiger partial charge in [-0.2, -0.15) is 0 Å². The van der Waals surface area contributed by atoms with Gasteiger partial charge >= 0.3 is 11.9 Å². The van der Waals surface area contributed by atoms with Crippen LogP contribution in [-0.2, 0) is 25.7 Å². The Kier molecular flexibility index (Phi) is 10.7. The van der Waals surface area contributed by atoms with Crippen LogP contribution in [0.25, 0.3) is 0 Å². The van der Waals surface area contributed by atoms with Crippen LogP contribution in [0.2, 0.25) is 0 Å². The van der Waals surface area contributed by atoms with Crippen molar-refractivity contribution < 1.29 is 33.8 Å². The van der Waals surface area contributed by atoms with Crippen LogP contribution in [0, 0.1) is 0 Å². The summed E-state index contributed by atoms with van der Waals surface area (Å²) in [4.78, 5) is 68.7.